The van der Waals surface area contributed by atoms with Crippen molar-refractivity contribution in [3.05, 3.63) is 28.8 Å². The number of carbonyl (C=O) groups excluding carboxylic acids is 1. The number of amides is 1. The molecule has 1 aromatic carbocycles. The van der Waals surface area contributed by atoms with E-state index in [1.165, 1.54) is 6.07 Å². The normalized spacial score (nSPS) is 21.9. The Morgan fingerprint density at radius 3 is 2.85 bits per heavy atom. The quantitative estimate of drug-likeness (QED) is 0.897. The van der Waals surface area contributed by atoms with Crippen LogP contribution in [-0.4, -0.2) is 35.0 Å². The highest BCUT2D eigenvalue weighted by Gasteiger charge is 2.34. The number of nitrogens with two attached hydrogens (primary N) is 1. The van der Waals surface area contributed by atoms with Crippen LogP contribution in [0.2, 0.25) is 5.02 Å². The fourth-order valence-electron chi connectivity index (χ4n) is 3.07. The Kier molecular flexibility index (Phi) is 4.89. The van der Waals surface area contributed by atoms with Gasteiger partial charge in [0.1, 0.15) is 5.75 Å². The van der Waals surface area contributed by atoms with Gasteiger partial charge >= 0.3 is 0 Å². The van der Waals surface area contributed by atoms with Gasteiger partial charge in [-0.2, -0.15) is 0 Å². The van der Waals surface area contributed by atoms with E-state index in [-0.39, 0.29) is 17.7 Å². The third-order valence-electron chi connectivity index (χ3n) is 4.11. The van der Waals surface area contributed by atoms with Crippen LogP contribution in [0.4, 0.5) is 0 Å². The Hall–Kier alpha value is -1.26. The van der Waals surface area contributed by atoms with Gasteiger partial charge in [-0.05, 0) is 50.4 Å². The number of nitrogens with zero attached hydrogens (tertiary/aromatic N) is 1. The molecule has 5 heteroatoms. The van der Waals surface area contributed by atoms with Gasteiger partial charge < -0.3 is 15.7 Å². The molecule has 2 atom stereocenters. The molecular formula is C15H21ClN2O2. The van der Waals surface area contributed by atoms with E-state index < -0.39 is 0 Å². The van der Waals surface area contributed by atoms with Crippen molar-refractivity contribution < 1.29 is 9.90 Å². The molecule has 20 heavy (non-hydrogen) atoms. The Bertz CT molecular complexity index is 493. The molecule has 0 heterocycles. The van der Waals surface area contributed by atoms with Crippen molar-refractivity contribution in [3.8, 4) is 5.75 Å². The highest BCUT2D eigenvalue weighted by molar-refractivity contribution is 6.30. The van der Waals surface area contributed by atoms with Crippen LogP contribution in [0.3, 0.4) is 0 Å². The summed E-state index contributed by atoms with van der Waals surface area (Å²) in [6, 6.07) is 4.78. The van der Waals surface area contributed by atoms with Gasteiger partial charge in [-0.3, -0.25) is 4.79 Å². The van der Waals surface area contributed by atoms with Gasteiger partial charge in [-0.1, -0.05) is 18.0 Å². The van der Waals surface area contributed by atoms with E-state index in [2.05, 4.69) is 0 Å². The lowest BCUT2D eigenvalue weighted by molar-refractivity contribution is 0.0649. The molecule has 1 amide bonds. The van der Waals surface area contributed by atoms with Crippen molar-refractivity contribution in [1.82, 2.24) is 4.90 Å². The Labute approximate surface area is 124 Å². The van der Waals surface area contributed by atoms with Gasteiger partial charge in [0.2, 0.25) is 0 Å². The van der Waals surface area contributed by atoms with Crippen molar-refractivity contribution in [2.24, 2.45) is 11.7 Å². The number of hydrogen-bond donors (Lipinski definition) is 2. The van der Waals surface area contributed by atoms with Gasteiger partial charge in [-0.15, -0.1) is 0 Å². The summed E-state index contributed by atoms with van der Waals surface area (Å²) < 4.78 is 0. The Balaban J connectivity index is 2.24. The van der Waals surface area contributed by atoms with Crippen molar-refractivity contribution in [2.75, 3.05) is 13.1 Å². The lowest BCUT2D eigenvalue weighted by Gasteiger charge is -2.32. The molecule has 3 N–H and O–H groups in total. The number of benzene rings is 1. The molecule has 0 aliphatic heterocycles. The molecule has 4 nitrogen and oxygen atoms in total. The minimum Gasteiger partial charge on any atom is -0.507 e. The molecule has 2 rings (SSSR count). The number of halogens is 1. The minimum absolute atomic E-state index is 0.0664. The van der Waals surface area contributed by atoms with E-state index in [0.29, 0.717) is 29.6 Å². The van der Waals surface area contributed by atoms with Gasteiger partial charge in [-0.25, -0.2) is 0 Å². The number of hydrogen-bond acceptors (Lipinski definition) is 3. The number of aromatic hydroxyl groups is 1. The second kappa shape index (κ2) is 6.46. The summed E-state index contributed by atoms with van der Waals surface area (Å²) in [6.45, 7) is 3.17. The van der Waals surface area contributed by atoms with Gasteiger partial charge in [0, 0.05) is 17.6 Å². The fourth-order valence-corrected chi connectivity index (χ4v) is 3.24. The number of rotatable bonds is 4. The van der Waals surface area contributed by atoms with Crippen molar-refractivity contribution in [1.29, 1.82) is 0 Å². The SMILES string of the molecule is CCN(C(=O)c1ccc(Cl)cc1O)C1CCCC1CN. The van der Waals surface area contributed by atoms with Crippen LogP contribution >= 0.6 is 11.6 Å². The van der Waals surface area contributed by atoms with Gasteiger partial charge in [0.05, 0.1) is 5.56 Å². The number of phenols is 1. The molecule has 0 spiro atoms. The van der Waals surface area contributed by atoms with Crippen LogP contribution in [0.25, 0.3) is 0 Å². The monoisotopic (exact) mass is 296 g/mol. The largest absolute Gasteiger partial charge is 0.507 e. The van der Waals surface area contributed by atoms with Gasteiger partial charge in [0.25, 0.3) is 5.91 Å². The maximum absolute atomic E-state index is 12.6. The molecule has 0 aromatic heterocycles. The smallest absolute Gasteiger partial charge is 0.257 e. The van der Waals surface area contributed by atoms with Crippen LogP contribution in [0.5, 0.6) is 5.75 Å². The van der Waals surface area contributed by atoms with Crippen LogP contribution in [-0.2, 0) is 0 Å². The average Bonchev–Trinajstić information content (AvgIpc) is 2.87. The zero-order valence-electron chi connectivity index (χ0n) is 11.7. The molecule has 1 aliphatic rings. The van der Waals surface area contributed by atoms with Crippen molar-refractivity contribution in [3.63, 3.8) is 0 Å². The molecule has 1 aromatic rings. The van der Waals surface area contributed by atoms with Crippen molar-refractivity contribution >= 4 is 17.5 Å². The van der Waals surface area contributed by atoms with Crippen molar-refractivity contribution in [2.45, 2.75) is 32.2 Å². The summed E-state index contributed by atoms with van der Waals surface area (Å²) in [7, 11) is 0. The predicted octanol–water partition coefficient (Wildman–Crippen LogP) is 2.64. The maximum Gasteiger partial charge on any atom is 0.257 e. The summed E-state index contributed by atoms with van der Waals surface area (Å²) >= 11 is 5.81. The molecule has 1 fully saturated rings. The lowest BCUT2D eigenvalue weighted by atomic mass is 10.0. The predicted molar refractivity (Wildman–Crippen MR) is 80.0 cm³/mol. The number of carbonyl (C=O) groups is 1. The van der Waals surface area contributed by atoms with Crippen LogP contribution in [0, 0.1) is 5.92 Å². The molecule has 1 aliphatic carbocycles. The fraction of sp³-hybridized carbons (Fsp3) is 0.533. The molecule has 0 bridgehead atoms. The lowest BCUT2D eigenvalue weighted by Crippen LogP contribution is -2.44. The summed E-state index contributed by atoms with van der Waals surface area (Å²) in [4.78, 5) is 14.5. The zero-order chi connectivity index (χ0) is 14.7. The van der Waals surface area contributed by atoms with Crippen LogP contribution in [0.1, 0.15) is 36.5 Å². The van der Waals surface area contributed by atoms with Gasteiger partial charge in [0.15, 0.2) is 0 Å². The summed E-state index contributed by atoms with van der Waals surface area (Å²) in [6.07, 6.45) is 3.15. The molecule has 0 saturated heterocycles. The first-order valence-electron chi connectivity index (χ1n) is 7.08. The zero-order valence-corrected chi connectivity index (χ0v) is 12.4. The third-order valence-corrected chi connectivity index (χ3v) is 4.35. The van der Waals surface area contributed by atoms with E-state index >= 15 is 0 Å². The summed E-state index contributed by atoms with van der Waals surface area (Å²) in [5.74, 6) is 0.142. The summed E-state index contributed by atoms with van der Waals surface area (Å²) in [5, 5.41) is 10.3. The first-order chi connectivity index (χ1) is 9.58. The minimum atomic E-state index is -0.146. The standard InChI is InChI=1S/C15H21ClN2O2/c1-2-18(13-5-3-4-10(13)9-17)15(20)12-7-6-11(16)8-14(12)19/h6-8,10,13,19H,2-5,9,17H2,1H3. The van der Waals surface area contributed by atoms with E-state index in [9.17, 15) is 9.90 Å². The Morgan fingerprint density at radius 2 is 2.25 bits per heavy atom. The first-order valence-corrected chi connectivity index (χ1v) is 7.45. The highest BCUT2D eigenvalue weighted by Crippen LogP contribution is 2.31. The highest BCUT2D eigenvalue weighted by atomic mass is 35.5. The van der Waals surface area contributed by atoms with E-state index in [1.54, 1.807) is 12.1 Å². The third kappa shape index (κ3) is 2.91. The van der Waals surface area contributed by atoms with E-state index in [4.69, 9.17) is 17.3 Å². The maximum atomic E-state index is 12.6. The molecule has 1 saturated carbocycles. The second-order valence-electron chi connectivity index (χ2n) is 5.25. The number of phenolic OH excluding ortho intramolecular Hbond substituents is 1. The molecule has 110 valence electrons. The topological polar surface area (TPSA) is 66.6 Å². The second-order valence-corrected chi connectivity index (χ2v) is 5.68. The average molecular weight is 297 g/mol. The summed E-state index contributed by atoms with van der Waals surface area (Å²) in [5.41, 5.74) is 6.11. The molecule has 0 radical (unpaired) electrons. The Morgan fingerprint density at radius 1 is 1.50 bits per heavy atom. The van der Waals surface area contributed by atoms with Crippen LogP contribution in [0.15, 0.2) is 18.2 Å². The van der Waals surface area contributed by atoms with E-state index in [0.717, 1.165) is 19.3 Å². The van der Waals surface area contributed by atoms with Crippen LogP contribution < -0.4 is 5.73 Å². The first kappa shape index (κ1) is 15.1. The van der Waals surface area contributed by atoms with E-state index in [1.807, 2.05) is 11.8 Å². The molecular weight excluding hydrogens is 276 g/mol. The molecule has 2 unspecified atom stereocenters.